The smallest absolute Gasteiger partial charge is 0.255 e. The number of aryl methyl sites for hydroxylation is 1. The monoisotopic (exact) mass is 397 g/mol. The van der Waals surface area contributed by atoms with Crippen molar-refractivity contribution in [3.63, 3.8) is 0 Å². The van der Waals surface area contributed by atoms with Crippen LogP contribution < -0.4 is 10.1 Å². The van der Waals surface area contributed by atoms with E-state index in [0.29, 0.717) is 17.0 Å². The molecule has 20 heavy (non-hydrogen) atoms. The average Bonchev–Trinajstić information content (AvgIpc) is 2.42. The third-order valence-electron chi connectivity index (χ3n) is 2.83. The molecule has 0 spiro atoms. The van der Waals surface area contributed by atoms with Crippen LogP contribution in [0.15, 0.2) is 45.3 Å². The number of carbonyl (C=O) groups excluding carboxylic acids is 1. The van der Waals surface area contributed by atoms with Gasteiger partial charge in [-0.1, -0.05) is 31.9 Å². The summed E-state index contributed by atoms with van der Waals surface area (Å²) in [4.78, 5) is 12.3. The lowest BCUT2D eigenvalue weighted by atomic mass is 10.1. The molecule has 0 fully saturated rings. The van der Waals surface area contributed by atoms with Gasteiger partial charge in [0.1, 0.15) is 5.75 Å². The van der Waals surface area contributed by atoms with Crippen molar-refractivity contribution in [3.8, 4) is 5.75 Å². The molecule has 2 rings (SSSR count). The number of halogens is 2. The Labute approximate surface area is 134 Å². The molecule has 5 heteroatoms. The zero-order valence-electron chi connectivity index (χ0n) is 11.0. The summed E-state index contributed by atoms with van der Waals surface area (Å²) >= 11 is 6.80. The number of hydrogen-bond donors (Lipinski definition) is 1. The van der Waals surface area contributed by atoms with E-state index in [4.69, 9.17) is 4.74 Å². The highest BCUT2D eigenvalue weighted by atomic mass is 79.9. The Kier molecular flexibility index (Phi) is 4.83. The summed E-state index contributed by atoms with van der Waals surface area (Å²) in [6.07, 6.45) is 0. The minimum atomic E-state index is -0.169. The first-order chi connectivity index (χ1) is 9.51. The van der Waals surface area contributed by atoms with Gasteiger partial charge >= 0.3 is 0 Å². The average molecular weight is 399 g/mol. The molecular formula is C15H13Br2NO2. The van der Waals surface area contributed by atoms with Crippen molar-refractivity contribution in [2.24, 2.45) is 0 Å². The van der Waals surface area contributed by atoms with Gasteiger partial charge in [0.2, 0.25) is 0 Å². The molecule has 104 valence electrons. The second kappa shape index (κ2) is 6.41. The van der Waals surface area contributed by atoms with Crippen LogP contribution in [-0.4, -0.2) is 13.0 Å². The van der Waals surface area contributed by atoms with Crippen LogP contribution in [0.25, 0.3) is 0 Å². The van der Waals surface area contributed by atoms with Crippen LogP contribution in [-0.2, 0) is 0 Å². The minimum absolute atomic E-state index is 0.169. The zero-order valence-corrected chi connectivity index (χ0v) is 14.2. The maximum Gasteiger partial charge on any atom is 0.255 e. The van der Waals surface area contributed by atoms with Gasteiger partial charge < -0.3 is 10.1 Å². The third-order valence-corrected chi connectivity index (χ3v) is 4.21. The van der Waals surface area contributed by atoms with E-state index in [1.165, 1.54) is 0 Å². The lowest BCUT2D eigenvalue weighted by Crippen LogP contribution is -2.12. The molecule has 2 aromatic carbocycles. The fourth-order valence-corrected chi connectivity index (χ4v) is 2.37. The summed E-state index contributed by atoms with van der Waals surface area (Å²) in [7, 11) is 1.57. The standard InChI is InChI=1S/C15H13Br2NO2/c1-9-7-10(3-5-12(9)17)15(19)18-13-8-11(16)4-6-14(13)20-2/h3-8H,1-2H3,(H,18,19). The highest BCUT2D eigenvalue weighted by molar-refractivity contribution is 9.10. The molecule has 1 N–H and O–H groups in total. The van der Waals surface area contributed by atoms with Gasteiger partial charge in [-0.25, -0.2) is 0 Å². The van der Waals surface area contributed by atoms with Crippen molar-refractivity contribution in [1.82, 2.24) is 0 Å². The maximum atomic E-state index is 12.3. The normalized spacial score (nSPS) is 10.2. The molecule has 0 atom stereocenters. The molecule has 0 radical (unpaired) electrons. The molecule has 0 aromatic heterocycles. The number of carbonyl (C=O) groups is 1. The van der Waals surface area contributed by atoms with E-state index < -0.39 is 0 Å². The molecule has 2 aromatic rings. The predicted molar refractivity (Wildman–Crippen MR) is 87.5 cm³/mol. The number of benzene rings is 2. The predicted octanol–water partition coefficient (Wildman–Crippen LogP) is 4.78. The van der Waals surface area contributed by atoms with Crippen LogP contribution in [0.2, 0.25) is 0 Å². The second-order valence-corrected chi connectivity index (χ2v) is 6.03. The van der Waals surface area contributed by atoms with Gasteiger partial charge in [0.05, 0.1) is 12.8 Å². The van der Waals surface area contributed by atoms with Gasteiger partial charge in [0, 0.05) is 14.5 Å². The van der Waals surface area contributed by atoms with E-state index in [1.54, 1.807) is 19.2 Å². The Bertz CT molecular complexity index is 656. The van der Waals surface area contributed by atoms with Gasteiger partial charge in [-0.15, -0.1) is 0 Å². The molecule has 1 amide bonds. The highest BCUT2D eigenvalue weighted by Crippen LogP contribution is 2.28. The minimum Gasteiger partial charge on any atom is -0.495 e. The van der Waals surface area contributed by atoms with Gasteiger partial charge in [-0.05, 0) is 48.9 Å². The van der Waals surface area contributed by atoms with Crippen LogP contribution in [0, 0.1) is 6.92 Å². The number of nitrogens with one attached hydrogen (secondary N) is 1. The number of methoxy groups -OCH3 is 1. The third kappa shape index (κ3) is 3.41. The Morgan fingerprint density at radius 2 is 1.90 bits per heavy atom. The lowest BCUT2D eigenvalue weighted by molar-refractivity contribution is 0.102. The topological polar surface area (TPSA) is 38.3 Å². The molecule has 0 saturated heterocycles. The summed E-state index contributed by atoms with van der Waals surface area (Å²) in [5, 5.41) is 2.86. The molecule has 0 aliphatic rings. The summed E-state index contributed by atoms with van der Waals surface area (Å²) in [5.74, 6) is 0.451. The van der Waals surface area contributed by atoms with Crippen molar-refractivity contribution >= 4 is 43.5 Å². The molecule has 0 unspecified atom stereocenters. The lowest BCUT2D eigenvalue weighted by Gasteiger charge is -2.11. The Morgan fingerprint density at radius 1 is 1.15 bits per heavy atom. The van der Waals surface area contributed by atoms with Gasteiger partial charge in [-0.2, -0.15) is 0 Å². The van der Waals surface area contributed by atoms with Crippen LogP contribution in [0.5, 0.6) is 5.75 Å². The molecule has 0 heterocycles. The largest absolute Gasteiger partial charge is 0.495 e. The van der Waals surface area contributed by atoms with E-state index in [-0.39, 0.29) is 5.91 Å². The molecule has 0 saturated carbocycles. The number of anilines is 1. The second-order valence-electron chi connectivity index (χ2n) is 4.26. The Hall–Kier alpha value is -1.33. The first-order valence-corrected chi connectivity index (χ1v) is 7.51. The molecule has 0 bridgehead atoms. The van der Waals surface area contributed by atoms with E-state index in [0.717, 1.165) is 14.5 Å². The van der Waals surface area contributed by atoms with E-state index >= 15 is 0 Å². The highest BCUT2D eigenvalue weighted by Gasteiger charge is 2.11. The molecular weight excluding hydrogens is 386 g/mol. The van der Waals surface area contributed by atoms with Crippen LogP contribution in [0.4, 0.5) is 5.69 Å². The van der Waals surface area contributed by atoms with Crippen molar-refractivity contribution < 1.29 is 9.53 Å². The molecule has 3 nitrogen and oxygen atoms in total. The Balaban J connectivity index is 2.27. The van der Waals surface area contributed by atoms with Crippen LogP contribution in [0.1, 0.15) is 15.9 Å². The van der Waals surface area contributed by atoms with E-state index in [2.05, 4.69) is 37.2 Å². The summed E-state index contributed by atoms with van der Waals surface area (Å²) < 4.78 is 7.09. The van der Waals surface area contributed by atoms with Crippen molar-refractivity contribution in [2.45, 2.75) is 6.92 Å². The first-order valence-electron chi connectivity index (χ1n) is 5.92. The Morgan fingerprint density at radius 3 is 2.55 bits per heavy atom. The number of hydrogen-bond acceptors (Lipinski definition) is 2. The van der Waals surface area contributed by atoms with E-state index in [9.17, 15) is 4.79 Å². The van der Waals surface area contributed by atoms with Crippen LogP contribution >= 0.6 is 31.9 Å². The van der Waals surface area contributed by atoms with Crippen molar-refractivity contribution in [1.29, 1.82) is 0 Å². The van der Waals surface area contributed by atoms with Crippen LogP contribution in [0.3, 0.4) is 0 Å². The summed E-state index contributed by atoms with van der Waals surface area (Å²) in [5.41, 5.74) is 2.25. The zero-order chi connectivity index (χ0) is 14.7. The van der Waals surface area contributed by atoms with E-state index in [1.807, 2.05) is 31.2 Å². The quantitative estimate of drug-likeness (QED) is 0.807. The SMILES string of the molecule is COc1ccc(Br)cc1NC(=O)c1ccc(Br)c(C)c1. The maximum absolute atomic E-state index is 12.3. The van der Waals surface area contributed by atoms with Gasteiger partial charge in [0.25, 0.3) is 5.91 Å². The number of amides is 1. The van der Waals surface area contributed by atoms with Crippen molar-refractivity contribution in [2.75, 3.05) is 12.4 Å². The first kappa shape index (κ1) is 15.1. The van der Waals surface area contributed by atoms with Gasteiger partial charge in [0.15, 0.2) is 0 Å². The number of rotatable bonds is 3. The molecule has 0 aliphatic heterocycles. The fraction of sp³-hybridized carbons (Fsp3) is 0.133. The fourth-order valence-electron chi connectivity index (χ4n) is 1.76. The van der Waals surface area contributed by atoms with Gasteiger partial charge in [-0.3, -0.25) is 4.79 Å². The summed E-state index contributed by atoms with van der Waals surface area (Å²) in [6.45, 7) is 1.94. The number of ether oxygens (including phenoxy) is 1. The molecule has 0 aliphatic carbocycles. The van der Waals surface area contributed by atoms with Crippen molar-refractivity contribution in [3.05, 3.63) is 56.5 Å². The summed E-state index contributed by atoms with van der Waals surface area (Å²) in [6, 6.07) is 10.9.